The highest BCUT2D eigenvalue weighted by molar-refractivity contribution is 7.11. The van der Waals surface area contributed by atoms with Crippen LogP contribution in [0.4, 0.5) is 17.5 Å². The molecule has 0 spiro atoms. The van der Waals surface area contributed by atoms with E-state index in [1.54, 1.807) is 11.3 Å². The maximum Gasteiger partial charge on any atom is 0.224 e. The fourth-order valence-corrected chi connectivity index (χ4v) is 2.64. The summed E-state index contributed by atoms with van der Waals surface area (Å²) < 4.78 is 0. The molecule has 0 amide bonds. The lowest BCUT2D eigenvalue weighted by Gasteiger charge is -2.12. The van der Waals surface area contributed by atoms with E-state index >= 15 is 0 Å². The number of hydrogen-bond donors (Lipinski definition) is 2. The molecule has 0 aliphatic carbocycles. The second kappa shape index (κ2) is 13.1. The molecule has 2 aromatic heterocycles. The lowest BCUT2D eigenvalue weighted by Crippen LogP contribution is -2.13. The molecule has 0 aliphatic heterocycles. The molecule has 0 fully saturated rings. The third-order valence-corrected chi connectivity index (χ3v) is 4.27. The second-order valence-electron chi connectivity index (χ2n) is 5.69. The van der Waals surface area contributed by atoms with E-state index in [0.717, 1.165) is 23.5 Å². The Kier molecular flexibility index (Phi) is 12.0. The smallest absolute Gasteiger partial charge is 0.224 e. The van der Waals surface area contributed by atoms with Gasteiger partial charge in [-0.3, -0.25) is 0 Å². The van der Waals surface area contributed by atoms with E-state index in [1.807, 2.05) is 39.1 Å². The molecule has 0 aliphatic rings. The van der Waals surface area contributed by atoms with Crippen molar-refractivity contribution in [1.82, 2.24) is 9.97 Å². The number of nitrogens with zero attached hydrogens (tertiary/aromatic N) is 2. The summed E-state index contributed by atoms with van der Waals surface area (Å²) in [7, 11) is 0. The van der Waals surface area contributed by atoms with Crippen LogP contribution in [0.15, 0.2) is 30.8 Å². The minimum atomic E-state index is 0.306. The molecule has 2 aromatic rings. The number of thiophene rings is 1. The van der Waals surface area contributed by atoms with Crippen LogP contribution >= 0.6 is 11.3 Å². The van der Waals surface area contributed by atoms with Gasteiger partial charge in [0.15, 0.2) is 0 Å². The van der Waals surface area contributed by atoms with Crippen LogP contribution in [0.2, 0.25) is 0 Å². The lowest BCUT2D eigenvalue weighted by atomic mass is 10.2. The van der Waals surface area contributed by atoms with Crippen LogP contribution in [-0.4, -0.2) is 16.0 Å². The van der Waals surface area contributed by atoms with E-state index in [4.69, 9.17) is 0 Å². The Balaban J connectivity index is 0.000000920. The number of allylic oxidation sites excluding steroid dienone is 1. The average Bonchev–Trinajstić information content (AvgIpc) is 2.99. The minimum Gasteiger partial charge on any atom is -0.352 e. The highest BCUT2D eigenvalue weighted by atomic mass is 32.1. The second-order valence-corrected chi connectivity index (χ2v) is 6.60. The number of nitrogens with one attached hydrogen (secondary N) is 2. The predicted octanol–water partition coefficient (Wildman–Crippen LogP) is 6.97. The molecule has 0 aromatic carbocycles. The summed E-state index contributed by atoms with van der Waals surface area (Å²) in [4.78, 5) is 10.00. The Hall–Kier alpha value is -2.14. The lowest BCUT2D eigenvalue weighted by molar-refractivity contribution is 0.873. The van der Waals surface area contributed by atoms with Crippen molar-refractivity contribution < 1.29 is 0 Å². The summed E-state index contributed by atoms with van der Waals surface area (Å²) in [5.41, 5.74) is 3.29. The fraction of sp³-hybridized carbons (Fsp3) is 0.429. The molecule has 2 heterocycles. The Morgan fingerprint density at radius 2 is 1.85 bits per heavy atom. The monoisotopic (exact) mass is 374 g/mol. The van der Waals surface area contributed by atoms with Crippen molar-refractivity contribution in [3.8, 4) is 0 Å². The highest BCUT2D eigenvalue weighted by Gasteiger charge is 2.09. The van der Waals surface area contributed by atoms with Gasteiger partial charge in [0.1, 0.15) is 5.82 Å². The van der Waals surface area contributed by atoms with Gasteiger partial charge in [-0.2, -0.15) is 4.98 Å². The van der Waals surface area contributed by atoms with E-state index in [0.29, 0.717) is 12.0 Å². The Labute approximate surface area is 163 Å². The number of aromatic nitrogens is 2. The van der Waals surface area contributed by atoms with Gasteiger partial charge in [-0.25, -0.2) is 4.98 Å². The number of rotatable bonds is 6. The molecule has 2 N–H and O–H groups in total. The van der Waals surface area contributed by atoms with Gasteiger partial charge in [-0.15, -0.1) is 17.9 Å². The molecule has 5 heteroatoms. The summed E-state index contributed by atoms with van der Waals surface area (Å²) >= 11 is 1.68. The molecule has 0 saturated carbocycles. The van der Waals surface area contributed by atoms with Crippen molar-refractivity contribution in [3.63, 3.8) is 0 Å². The summed E-state index contributed by atoms with van der Waals surface area (Å²) in [6, 6.07) is 0.306. The molecule has 26 heavy (non-hydrogen) atoms. The summed E-state index contributed by atoms with van der Waals surface area (Å²) in [5.74, 6) is 1.48. The minimum absolute atomic E-state index is 0.306. The predicted molar refractivity (Wildman–Crippen MR) is 120 cm³/mol. The molecule has 0 atom stereocenters. The van der Waals surface area contributed by atoms with Crippen molar-refractivity contribution >= 4 is 34.9 Å². The van der Waals surface area contributed by atoms with Crippen LogP contribution < -0.4 is 10.6 Å². The Morgan fingerprint density at radius 3 is 2.31 bits per heavy atom. The van der Waals surface area contributed by atoms with Crippen LogP contribution in [0.5, 0.6) is 0 Å². The molecule has 0 bridgehead atoms. The zero-order valence-corrected chi connectivity index (χ0v) is 18.1. The van der Waals surface area contributed by atoms with Gasteiger partial charge in [-0.1, -0.05) is 39.5 Å². The largest absolute Gasteiger partial charge is 0.352 e. The van der Waals surface area contributed by atoms with Gasteiger partial charge in [0, 0.05) is 28.1 Å². The van der Waals surface area contributed by atoms with Crippen molar-refractivity contribution in [1.29, 1.82) is 0 Å². The van der Waals surface area contributed by atoms with Crippen LogP contribution in [-0.2, 0) is 0 Å². The zero-order chi connectivity index (χ0) is 20.1. The highest BCUT2D eigenvalue weighted by Crippen LogP contribution is 2.30. The van der Waals surface area contributed by atoms with Gasteiger partial charge in [0.2, 0.25) is 5.95 Å². The SMILES string of the molecule is C=CCC.C=Cc1scc(Nc2nc(NC(C)C)ncc2C)c1C.CC. The maximum absolute atomic E-state index is 4.53. The van der Waals surface area contributed by atoms with Gasteiger partial charge < -0.3 is 10.6 Å². The van der Waals surface area contributed by atoms with Crippen LogP contribution in [0.25, 0.3) is 6.08 Å². The quantitative estimate of drug-likeness (QED) is 0.536. The topological polar surface area (TPSA) is 49.8 Å². The summed E-state index contributed by atoms with van der Waals surface area (Å²) in [5, 5.41) is 8.68. The summed E-state index contributed by atoms with van der Waals surface area (Å²) in [6.45, 7) is 21.6. The van der Waals surface area contributed by atoms with Gasteiger partial charge in [0.25, 0.3) is 0 Å². The molecule has 0 saturated heterocycles. The molecular formula is C21H34N4S. The number of anilines is 3. The van der Waals surface area contributed by atoms with Crippen LogP contribution in [0.1, 0.15) is 57.0 Å². The van der Waals surface area contributed by atoms with E-state index in [2.05, 4.69) is 66.8 Å². The first-order valence-corrected chi connectivity index (χ1v) is 9.99. The summed E-state index contributed by atoms with van der Waals surface area (Å²) in [6.07, 6.45) is 6.67. The van der Waals surface area contributed by atoms with Crippen LogP contribution in [0.3, 0.4) is 0 Å². The molecule has 0 unspecified atom stereocenters. The van der Waals surface area contributed by atoms with Crippen molar-refractivity contribution in [2.75, 3.05) is 10.6 Å². The first-order valence-electron chi connectivity index (χ1n) is 9.11. The zero-order valence-electron chi connectivity index (χ0n) is 17.3. The molecule has 144 valence electrons. The normalized spacial score (nSPS) is 9.38. The van der Waals surface area contributed by atoms with Crippen molar-refractivity contribution in [3.05, 3.63) is 46.8 Å². The maximum atomic E-state index is 4.53. The molecule has 2 rings (SSSR count). The molecule has 4 nitrogen and oxygen atoms in total. The molecule has 0 radical (unpaired) electrons. The van der Waals surface area contributed by atoms with E-state index in [-0.39, 0.29) is 0 Å². The van der Waals surface area contributed by atoms with E-state index < -0.39 is 0 Å². The number of aryl methyl sites for hydroxylation is 1. The number of hydrogen-bond acceptors (Lipinski definition) is 5. The first kappa shape index (κ1) is 23.9. The first-order chi connectivity index (χ1) is 12.4. The van der Waals surface area contributed by atoms with Gasteiger partial charge in [0.05, 0.1) is 5.69 Å². The standard InChI is InChI=1S/C15H20N4S.C4H8.C2H6/c1-6-13-11(5)12(8-20-13)18-14-10(4)7-16-15(19-14)17-9(2)3;1-3-4-2;1-2/h6-9H,1H2,2-5H3,(H2,16,17,18,19);3H,1,4H2,2H3;1-2H3. The average molecular weight is 375 g/mol. The van der Waals surface area contributed by atoms with Crippen molar-refractivity contribution in [2.24, 2.45) is 0 Å². The fourth-order valence-electron chi connectivity index (χ4n) is 1.78. The van der Waals surface area contributed by atoms with Gasteiger partial charge in [-0.05, 0) is 39.7 Å². The Bertz CT molecular complexity index is 675. The van der Waals surface area contributed by atoms with Crippen LogP contribution in [0, 0.1) is 13.8 Å². The van der Waals surface area contributed by atoms with E-state index in [1.165, 1.54) is 10.4 Å². The Morgan fingerprint density at radius 1 is 1.23 bits per heavy atom. The third-order valence-electron chi connectivity index (χ3n) is 3.19. The van der Waals surface area contributed by atoms with Gasteiger partial charge >= 0.3 is 0 Å². The molecular weight excluding hydrogens is 340 g/mol. The van der Waals surface area contributed by atoms with E-state index in [9.17, 15) is 0 Å². The third kappa shape index (κ3) is 7.83. The van der Waals surface area contributed by atoms with Crippen molar-refractivity contribution in [2.45, 2.75) is 60.9 Å².